The van der Waals surface area contributed by atoms with Crippen LogP contribution >= 0.6 is 11.8 Å². The number of carboxylic acids is 1. The molecule has 2 aromatic rings. The molecule has 1 fully saturated rings. The van der Waals surface area contributed by atoms with E-state index in [9.17, 15) is 19.1 Å². The van der Waals surface area contributed by atoms with Gasteiger partial charge in [0.05, 0.1) is 0 Å². The van der Waals surface area contributed by atoms with Gasteiger partial charge in [0.25, 0.3) is 0 Å². The van der Waals surface area contributed by atoms with Gasteiger partial charge in [0.1, 0.15) is 23.8 Å². The summed E-state index contributed by atoms with van der Waals surface area (Å²) >= 11 is 1.28. The molecule has 1 N–H and O–H groups in total. The zero-order valence-corrected chi connectivity index (χ0v) is 14.0. The Balaban J connectivity index is 1.79. The lowest BCUT2D eigenvalue weighted by Gasteiger charge is -2.26. The summed E-state index contributed by atoms with van der Waals surface area (Å²) in [7, 11) is 0. The summed E-state index contributed by atoms with van der Waals surface area (Å²) in [5, 5.41) is 8.80. The normalized spacial score (nSPS) is 19.6. The molecule has 0 saturated carbocycles. The lowest BCUT2D eigenvalue weighted by molar-refractivity contribution is -0.141. The molecule has 0 aromatic heterocycles. The minimum Gasteiger partial charge on any atom is -0.480 e. The summed E-state index contributed by atoms with van der Waals surface area (Å²) in [5.41, 5.74) is 1.34. The predicted octanol–water partition coefficient (Wildman–Crippen LogP) is 3.66. The standard InChI is InChI=1S/C18H16FNO4S/c19-14-8-4-7-13(9-14)16-20(15(11-25-16)17(21)22)18(23)24-10-12-5-2-1-3-6-12/h1-9,15-16H,10-11H2,(H,21,22). The molecule has 1 aliphatic rings. The second-order valence-corrected chi connectivity index (χ2v) is 6.66. The third-order valence-corrected chi connectivity index (χ3v) is 5.16. The van der Waals surface area contributed by atoms with Crippen molar-refractivity contribution in [3.05, 3.63) is 71.5 Å². The average Bonchev–Trinajstić information content (AvgIpc) is 3.06. The van der Waals surface area contributed by atoms with Crippen LogP contribution in [-0.2, 0) is 16.1 Å². The van der Waals surface area contributed by atoms with Gasteiger partial charge in [0, 0.05) is 5.75 Å². The first-order valence-corrected chi connectivity index (χ1v) is 8.70. The van der Waals surface area contributed by atoms with Crippen molar-refractivity contribution in [1.82, 2.24) is 4.90 Å². The average molecular weight is 361 g/mol. The molecule has 2 atom stereocenters. The molecule has 0 bridgehead atoms. The van der Waals surface area contributed by atoms with E-state index in [0.717, 1.165) is 5.56 Å². The van der Waals surface area contributed by atoms with Crippen molar-refractivity contribution in [2.45, 2.75) is 18.0 Å². The smallest absolute Gasteiger partial charge is 0.412 e. The molecule has 0 spiro atoms. The predicted molar refractivity (Wildman–Crippen MR) is 91.5 cm³/mol. The first kappa shape index (κ1) is 17.3. The fourth-order valence-electron chi connectivity index (χ4n) is 2.63. The Hall–Kier alpha value is -2.54. The summed E-state index contributed by atoms with van der Waals surface area (Å²) in [5.74, 6) is -1.32. The molecule has 5 nitrogen and oxygen atoms in total. The maximum absolute atomic E-state index is 13.5. The summed E-state index contributed by atoms with van der Waals surface area (Å²) in [6, 6.07) is 13.9. The third kappa shape index (κ3) is 3.93. The van der Waals surface area contributed by atoms with Crippen LogP contribution in [0.3, 0.4) is 0 Å². The number of hydrogen-bond acceptors (Lipinski definition) is 4. The van der Waals surface area contributed by atoms with Gasteiger partial charge >= 0.3 is 12.1 Å². The van der Waals surface area contributed by atoms with Crippen LogP contribution in [0, 0.1) is 5.82 Å². The van der Waals surface area contributed by atoms with Crippen LogP contribution in [-0.4, -0.2) is 33.9 Å². The molecule has 25 heavy (non-hydrogen) atoms. The summed E-state index contributed by atoms with van der Waals surface area (Å²) in [6.45, 7) is 0.0447. The van der Waals surface area contributed by atoms with Crippen molar-refractivity contribution < 1.29 is 23.8 Å². The van der Waals surface area contributed by atoms with Crippen molar-refractivity contribution in [3.8, 4) is 0 Å². The molecule has 1 aliphatic heterocycles. The molecule has 1 heterocycles. The Bertz CT molecular complexity index is 771. The number of aliphatic carboxylic acids is 1. The molecule has 0 aliphatic carbocycles. The van der Waals surface area contributed by atoms with Crippen LogP contribution in [0.15, 0.2) is 54.6 Å². The van der Waals surface area contributed by atoms with Crippen molar-refractivity contribution >= 4 is 23.8 Å². The first-order chi connectivity index (χ1) is 12.1. The van der Waals surface area contributed by atoms with Crippen LogP contribution in [0.1, 0.15) is 16.5 Å². The van der Waals surface area contributed by atoms with E-state index >= 15 is 0 Å². The van der Waals surface area contributed by atoms with Crippen LogP contribution < -0.4 is 0 Å². The number of benzene rings is 2. The van der Waals surface area contributed by atoms with E-state index < -0.39 is 29.3 Å². The zero-order chi connectivity index (χ0) is 17.8. The van der Waals surface area contributed by atoms with Crippen molar-refractivity contribution in [3.63, 3.8) is 0 Å². The molecular weight excluding hydrogens is 345 g/mol. The topological polar surface area (TPSA) is 66.8 Å². The molecule has 130 valence electrons. The van der Waals surface area contributed by atoms with Crippen LogP contribution in [0.4, 0.5) is 9.18 Å². The molecule has 3 rings (SSSR count). The number of ether oxygens (including phenoxy) is 1. The number of nitrogens with zero attached hydrogens (tertiary/aromatic N) is 1. The highest BCUT2D eigenvalue weighted by atomic mass is 32.2. The van der Waals surface area contributed by atoms with Gasteiger partial charge in [-0.25, -0.2) is 14.0 Å². The molecular formula is C18H16FNO4S. The Morgan fingerprint density at radius 3 is 2.64 bits per heavy atom. The molecule has 0 radical (unpaired) electrons. The first-order valence-electron chi connectivity index (χ1n) is 7.65. The van der Waals surface area contributed by atoms with Gasteiger partial charge in [-0.3, -0.25) is 4.90 Å². The third-order valence-electron chi connectivity index (χ3n) is 3.84. The summed E-state index contributed by atoms with van der Waals surface area (Å²) in [4.78, 5) is 25.2. The van der Waals surface area contributed by atoms with E-state index in [2.05, 4.69) is 0 Å². The summed E-state index contributed by atoms with van der Waals surface area (Å²) in [6.07, 6.45) is -0.726. The van der Waals surface area contributed by atoms with Crippen LogP contribution in [0.2, 0.25) is 0 Å². The quantitative estimate of drug-likeness (QED) is 0.900. The van der Waals surface area contributed by atoms with Gasteiger partial charge in [-0.05, 0) is 23.3 Å². The maximum Gasteiger partial charge on any atom is 0.412 e. The fraction of sp³-hybridized carbons (Fsp3) is 0.222. The lowest BCUT2D eigenvalue weighted by atomic mass is 10.2. The van der Waals surface area contributed by atoms with Crippen molar-refractivity contribution in [2.24, 2.45) is 0 Å². The Morgan fingerprint density at radius 1 is 1.20 bits per heavy atom. The Labute approximate surface area is 148 Å². The molecule has 1 saturated heterocycles. The number of halogens is 1. The molecule has 2 unspecified atom stereocenters. The van der Waals surface area contributed by atoms with Crippen LogP contribution in [0.25, 0.3) is 0 Å². The molecule has 1 amide bonds. The van der Waals surface area contributed by atoms with E-state index in [-0.39, 0.29) is 12.4 Å². The van der Waals surface area contributed by atoms with E-state index in [1.165, 1.54) is 34.9 Å². The Morgan fingerprint density at radius 2 is 1.96 bits per heavy atom. The monoisotopic (exact) mass is 361 g/mol. The number of thioether (sulfide) groups is 1. The second-order valence-electron chi connectivity index (χ2n) is 5.54. The van der Waals surface area contributed by atoms with Gasteiger partial charge in [-0.15, -0.1) is 11.8 Å². The number of carbonyl (C=O) groups excluding carboxylic acids is 1. The van der Waals surface area contributed by atoms with Gasteiger partial charge in [0.2, 0.25) is 0 Å². The molecule has 2 aromatic carbocycles. The number of hydrogen-bond donors (Lipinski definition) is 1. The molecule has 7 heteroatoms. The van der Waals surface area contributed by atoms with Crippen molar-refractivity contribution in [2.75, 3.05) is 5.75 Å². The van der Waals surface area contributed by atoms with E-state index in [4.69, 9.17) is 4.74 Å². The minimum absolute atomic E-state index is 0.0447. The van der Waals surface area contributed by atoms with E-state index in [0.29, 0.717) is 5.56 Å². The largest absolute Gasteiger partial charge is 0.480 e. The number of rotatable bonds is 4. The highest BCUT2D eigenvalue weighted by Crippen LogP contribution is 2.42. The van der Waals surface area contributed by atoms with Gasteiger partial charge in [-0.2, -0.15) is 0 Å². The minimum atomic E-state index is -1.11. The fourth-order valence-corrected chi connectivity index (χ4v) is 4.03. The zero-order valence-electron chi connectivity index (χ0n) is 13.2. The van der Waals surface area contributed by atoms with Gasteiger partial charge in [0.15, 0.2) is 0 Å². The lowest BCUT2D eigenvalue weighted by Crippen LogP contribution is -2.43. The second kappa shape index (κ2) is 7.57. The van der Waals surface area contributed by atoms with Crippen molar-refractivity contribution in [1.29, 1.82) is 0 Å². The van der Waals surface area contributed by atoms with Crippen LogP contribution in [0.5, 0.6) is 0 Å². The van der Waals surface area contributed by atoms with E-state index in [1.54, 1.807) is 6.07 Å². The number of carboxylic acid groups (broad SMARTS) is 1. The number of amides is 1. The Kier molecular flexibility index (Phi) is 5.23. The van der Waals surface area contributed by atoms with E-state index in [1.807, 2.05) is 30.3 Å². The number of carbonyl (C=O) groups is 2. The van der Waals surface area contributed by atoms with Gasteiger partial charge < -0.3 is 9.84 Å². The SMILES string of the molecule is O=C(O)C1CSC(c2cccc(F)c2)N1C(=O)OCc1ccccc1. The highest BCUT2D eigenvalue weighted by Gasteiger charge is 2.43. The van der Waals surface area contributed by atoms with Gasteiger partial charge in [-0.1, -0.05) is 42.5 Å². The highest BCUT2D eigenvalue weighted by molar-refractivity contribution is 7.99. The summed E-state index contributed by atoms with van der Waals surface area (Å²) < 4.78 is 18.8. The maximum atomic E-state index is 13.5.